The van der Waals surface area contributed by atoms with Crippen LogP contribution in [0.2, 0.25) is 0 Å². The van der Waals surface area contributed by atoms with Gasteiger partial charge in [-0.25, -0.2) is 19.2 Å². The number of carbonyl (C=O) groups is 1. The monoisotopic (exact) mass is 586 g/mol. The molecular weight excluding hydrogens is 555 g/mol. The van der Waals surface area contributed by atoms with Gasteiger partial charge in [-0.2, -0.15) is 0 Å². The fourth-order valence-electron chi connectivity index (χ4n) is 4.28. The Balaban J connectivity index is 1.35. The smallest absolute Gasteiger partial charge is 0.410 e. The maximum absolute atomic E-state index is 14.0. The maximum Gasteiger partial charge on any atom is 0.410 e. The highest BCUT2D eigenvalue weighted by molar-refractivity contribution is 9.10. The zero-order valence-electron chi connectivity index (χ0n) is 22.0. The number of benzene rings is 1. The molecule has 0 saturated carbocycles. The van der Waals surface area contributed by atoms with Crippen LogP contribution in [0.5, 0.6) is 5.75 Å². The number of hydrogen-bond donors (Lipinski definition) is 0. The fourth-order valence-corrected chi connectivity index (χ4v) is 4.70. The van der Waals surface area contributed by atoms with Gasteiger partial charge in [-0.05, 0) is 80.1 Å². The van der Waals surface area contributed by atoms with Crippen molar-refractivity contribution in [3.8, 4) is 17.1 Å². The van der Waals surface area contributed by atoms with Crippen molar-refractivity contribution in [1.29, 1.82) is 0 Å². The largest absolute Gasteiger partial charge is 0.490 e. The molecule has 3 heterocycles. The van der Waals surface area contributed by atoms with Crippen LogP contribution in [0, 0.1) is 11.7 Å². The molecule has 0 radical (unpaired) electrons. The van der Waals surface area contributed by atoms with Crippen molar-refractivity contribution in [3.63, 3.8) is 0 Å². The quantitative estimate of drug-likeness (QED) is 0.360. The average molecular weight is 587 g/mol. The summed E-state index contributed by atoms with van der Waals surface area (Å²) in [5.41, 5.74) is 0.419. The van der Waals surface area contributed by atoms with E-state index < -0.39 is 23.0 Å². The Kier molecular flexibility index (Phi) is 8.50. The van der Waals surface area contributed by atoms with E-state index in [0.29, 0.717) is 41.7 Å². The molecule has 10 heteroatoms. The van der Waals surface area contributed by atoms with Crippen LogP contribution in [0.3, 0.4) is 0 Å². The lowest BCUT2D eigenvalue weighted by Crippen LogP contribution is -2.42. The van der Waals surface area contributed by atoms with Gasteiger partial charge in [0.15, 0.2) is 17.4 Å². The van der Waals surface area contributed by atoms with E-state index in [1.807, 2.05) is 52.0 Å². The molecule has 1 aromatic carbocycles. The molecule has 202 valence electrons. The summed E-state index contributed by atoms with van der Waals surface area (Å²) in [7, 11) is 0. The molecule has 0 N–H and O–H groups in total. The van der Waals surface area contributed by atoms with Gasteiger partial charge in [-0.15, -0.1) is 0 Å². The van der Waals surface area contributed by atoms with E-state index in [0.717, 1.165) is 30.0 Å². The Labute approximate surface area is 229 Å². The van der Waals surface area contributed by atoms with Crippen molar-refractivity contribution >= 4 is 22.0 Å². The zero-order valence-corrected chi connectivity index (χ0v) is 23.6. The molecule has 1 amide bonds. The summed E-state index contributed by atoms with van der Waals surface area (Å²) in [5.74, 6) is 0.613. The Bertz CT molecular complexity index is 1330. The first-order chi connectivity index (χ1) is 18.0. The molecule has 1 aliphatic heterocycles. The number of halogens is 2. The van der Waals surface area contributed by atoms with Gasteiger partial charge in [0, 0.05) is 29.3 Å². The summed E-state index contributed by atoms with van der Waals surface area (Å²) < 4.78 is 27.2. The van der Waals surface area contributed by atoms with E-state index in [1.54, 1.807) is 23.5 Å². The van der Waals surface area contributed by atoms with Crippen LogP contribution in [-0.2, 0) is 4.74 Å². The van der Waals surface area contributed by atoms with E-state index >= 15 is 0 Å². The van der Waals surface area contributed by atoms with E-state index in [4.69, 9.17) is 9.47 Å². The number of nitrogens with zero attached hydrogens (tertiary/aromatic N) is 4. The van der Waals surface area contributed by atoms with Crippen molar-refractivity contribution in [2.24, 2.45) is 5.92 Å². The predicted molar refractivity (Wildman–Crippen MR) is 146 cm³/mol. The summed E-state index contributed by atoms with van der Waals surface area (Å²) in [4.78, 5) is 35.2. The molecule has 38 heavy (non-hydrogen) atoms. The fraction of sp³-hybridized carbons (Fsp3) is 0.429. The molecule has 0 unspecified atom stereocenters. The summed E-state index contributed by atoms with van der Waals surface area (Å²) in [6.07, 6.45) is 6.27. The summed E-state index contributed by atoms with van der Waals surface area (Å²) in [6.45, 7) is 9.25. The minimum absolute atomic E-state index is 0.268. The molecular formula is C28H32BrFN4O4. The van der Waals surface area contributed by atoms with Gasteiger partial charge < -0.3 is 18.9 Å². The molecule has 0 spiro atoms. The van der Waals surface area contributed by atoms with Crippen molar-refractivity contribution < 1.29 is 18.7 Å². The second-order valence-electron chi connectivity index (χ2n) is 10.5. The molecule has 1 aliphatic rings. The second-order valence-corrected chi connectivity index (χ2v) is 11.4. The lowest BCUT2D eigenvalue weighted by molar-refractivity contribution is 0.0165. The van der Waals surface area contributed by atoms with Crippen molar-refractivity contribution in [1.82, 2.24) is 19.4 Å². The topological polar surface area (TPSA) is 86.5 Å². The predicted octanol–water partition coefficient (Wildman–Crippen LogP) is 5.84. The summed E-state index contributed by atoms with van der Waals surface area (Å²) in [5, 5.41) is 0. The number of amides is 1. The summed E-state index contributed by atoms with van der Waals surface area (Å²) in [6, 6.07) is 8.29. The van der Waals surface area contributed by atoms with Crippen LogP contribution in [-0.4, -0.2) is 50.8 Å². The minimum Gasteiger partial charge on any atom is -0.490 e. The first kappa shape index (κ1) is 27.8. The first-order valence-corrected chi connectivity index (χ1v) is 13.4. The number of piperidine rings is 1. The number of pyridine rings is 1. The molecule has 8 nitrogen and oxygen atoms in total. The van der Waals surface area contributed by atoms with E-state index in [-0.39, 0.29) is 6.09 Å². The van der Waals surface area contributed by atoms with Crippen molar-refractivity contribution in [2.45, 2.75) is 52.2 Å². The van der Waals surface area contributed by atoms with Crippen LogP contribution in [0.15, 0.2) is 58.2 Å². The van der Waals surface area contributed by atoms with E-state index in [1.165, 1.54) is 4.57 Å². The third-order valence-electron chi connectivity index (χ3n) is 6.39. The first-order valence-electron chi connectivity index (χ1n) is 12.6. The van der Waals surface area contributed by atoms with Gasteiger partial charge in [0.25, 0.3) is 5.56 Å². The zero-order chi connectivity index (χ0) is 27.4. The van der Waals surface area contributed by atoms with E-state index in [9.17, 15) is 14.0 Å². The van der Waals surface area contributed by atoms with Crippen molar-refractivity contribution in [2.75, 3.05) is 19.7 Å². The Morgan fingerprint density at radius 3 is 2.53 bits per heavy atom. The van der Waals surface area contributed by atoms with Crippen molar-refractivity contribution in [3.05, 3.63) is 75.1 Å². The maximum atomic E-state index is 14.0. The minimum atomic E-state index is -0.810. The highest BCUT2D eigenvalue weighted by atomic mass is 79.9. The second kappa shape index (κ2) is 11.6. The Hall–Kier alpha value is -3.27. The van der Waals surface area contributed by atoms with Crippen LogP contribution >= 0.6 is 15.9 Å². The van der Waals surface area contributed by atoms with Crippen LogP contribution in [0.1, 0.15) is 52.1 Å². The number of aromatic nitrogens is 3. The van der Waals surface area contributed by atoms with Gasteiger partial charge in [0.2, 0.25) is 0 Å². The Morgan fingerprint density at radius 2 is 1.87 bits per heavy atom. The number of likely N-dealkylation sites (tertiary alicyclic amines) is 1. The van der Waals surface area contributed by atoms with Gasteiger partial charge in [-0.3, -0.25) is 4.79 Å². The lowest BCUT2D eigenvalue weighted by Gasteiger charge is -2.33. The molecule has 4 rings (SSSR count). The third-order valence-corrected chi connectivity index (χ3v) is 6.82. The van der Waals surface area contributed by atoms with Crippen LogP contribution < -0.4 is 10.3 Å². The molecule has 1 saturated heterocycles. The highest BCUT2D eigenvalue weighted by Crippen LogP contribution is 2.25. The van der Waals surface area contributed by atoms with Gasteiger partial charge in [0.05, 0.1) is 25.0 Å². The molecule has 2 aromatic heterocycles. The van der Waals surface area contributed by atoms with Gasteiger partial charge in [0.1, 0.15) is 5.60 Å². The SMILES string of the molecule is C[C@H](c1cccc(-c2ncc(OCC3CCN(C(=O)OC(C)(C)C)CC3)cn2)c1)n1cc(Br)cc(F)c1=O. The Morgan fingerprint density at radius 1 is 1.18 bits per heavy atom. The lowest BCUT2D eigenvalue weighted by atomic mass is 9.98. The molecule has 1 fully saturated rings. The highest BCUT2D eigenvalue weighted by Gasteiger charge is 2.27. The van der Waals surface area contributed by atoms with Crippen LogP contribution in [0.25, 0.3) is 11.4 Å². The standard InChI is InChI=1S/C28H32BrFN4O4/c1-18(34-16-22(29)13-24(30)26(34)35)20-6-5-7-21(12-20)25-31-14-23(15-32-25)37-17-19-8-10-33(11-9-19)27(36)38-28(2,3)4/h5-7,12-16,18-19H,8-11,17H2,1-4H3/t18-/m1/s1. The molecule has 1 atom stereocenters. The number of ether oxygens (including phenoxy) is 2. The normalized spacial score (nSPS) is 15.3. The number of rotatable bonds is 6. The average Bonchev–Trinajstić information content (AvgIpc) is 2.89. The number of hydrogen-bond acceptors (Lipinski definition) is 6. The molecule has 3 aromatic rings. The summed E-state index contributed by atoms with van der Waals surface area (Å²) >= 11 is 3.25. The van der Waals surface area contributed by atoms with Crippen LogP contribution in [0.4, 0.5) is 9.18 Å². The molecule has 0 bridgehead atoms. The van der Waals surface area contributed by atoms with Gasteiger partial charge in [-0.1, -0.05) is 18.2 Å². The molecule has 0 aliphatic carbocycles. The third kappa shape index (κ3) is 6.98. The van der Waals surface area contributed by atoms with Gasteiger partial charge >= 0.3 is 6.09 Å². The van der Waals surface area contributed by atoms with E-state index in [2.05, 4.69) is 25.9 Å². The number of carbonyl (C=O) groups excluding carboxylic acids is 1.